The van der Waals surface area contributed by atoms with Crippen LogP contribution in [0.3, 0.4) is 0 Å². The Hall–Kier alpha value is -2.21. The van der Waals surface area contributed by atoms with Crippen LogP contribution in [-0.4, -0.2) is 32.2 Å². The summed E-state index contributed by atoms with van der Waals surface area (Å²) >= 11 is 0. The molecule has 0 saturated heterocycles. The number of rotatable bonds is 8. The standard InChI is InChI=1S/C19H26N4O2/c1-3-6-14(10-20)9-15-13(2)19(15,18(24)25)16-11-23(12-22-16)17-7-4-5-8-21-17/h4-5,7-8,11-15H,3,6,9-10,20H2,1-2H3,(H,24,25)/t13-,14+,15?,19-/m0/s1. The van der Waals surface area contributed by atoms with Crippen LogP contribution in [0.2, 0.25) is 0 Å². The van der Waals surface area contributed by atoms with Gasteiger partial charge >= 0.3 is 5.97 Å². The van der Waals surface area contributed by atoms with Gasteiger partial charge in [0.1, 0.15) is 17.6 Å². The van der Waals surface area contributed by atoms with Gasteiger partial charge < -0.3 is 10.8 Å². The third-order valence-corrected chi connectivity index (χ3v) is 5.69. The molecule has 0 amide bonds. The molecular weight excluding hydrogens is 316 g/mol. The van der Waals surface area contributed by atoms with Crippen molar-refractivity contribution in [2.45, 2.75) is 38.5 Å². The lowest BCUT2D eigenvalue weighted by molar-refractivity contribution is -0.141. The van der Waals surface area contributed by atoms with E-state index in [1.54, 1.807) is 17.1 Å². The highest BCUT2D eigenvalue weighted by molar-refractivity contribution is 5.86. The summed E-state index contributed by atoms with van der Waals surface area (Å²) in [5, 5.41) is 10.00. The van der Waals surface area contributed by atoms with Crippen LogP contribution < -0.4 is 5.73 Å². The third-order valence-electron chi connectivity index (χ3n) is 5.69. The molecule has 2 aromatic rings. The molecule has 6 nitrogen and oxygen atoms in total. The van der Waals surface area contributed by atoms with Crippen LogP contribution in [0.25, 0.3) is 5.82 Å². The van der Waals surface area contributed by atoms with Crippen molar-refractivity contribution in [3.8, 4) is 5.82 Å². The molecule has 2 aromatic heterocycles. The summed E-state index contributed by atoms with van der Waals surface area (Å²) in [6.45, 7) is 4.76. The molecule has 1 unspecified atom stereocenters. The van der Waals surface area contributed by atoms with Crippen molar-refractivity contribution in [1.29, 1.82) is 0 Å². The van der Waals surface area contributed by atoms with Gasteiger partial charge in [0.05, 0.1) is 5.69 Å². The van der Waals surface area contributed by atoms with Crippen molar-refractivity contribution in [3.63, 3.8) is 0 Å². The summed E-state index contributed by atoms with van der Waals surface area (Å²) in [5.41, 5.74) is 5.61. The summed E-state index contributed by atoms with van der Waals surface area (Å²) in [6, 6.07) is 5.62. The number of hydrogen-bond acceptors (Lipinski definition) is 4. The Kier molecular flexibility index (Phi) is 4.90. The molecule has 0 bridgehead atoms. The van der Waals surface area contributed by atoms with E-state index < -0.39 is 11.4 Å². The highest BCUT2D eigenvalue weighted by Crippen LogP contribution is 2.62. The second kappa shape index (κ2) is 6.96. The van der Waals surface area contributed by atoms with Gasteiger partial charge in [0.2, 0.25) is 0 Å². The zero-order chi connectivity index (χ0) is 18.0. The molecule has 3 rings (SSSR count). The number of pyridine rings is 1. The minimum atomic E-state index is -0.902. The van der Waals surface area contributed by atoms with Gasteiger partial charge in [-0.15, -0.1) is 0 Å². The Balaban J connectivity index is 1.87. The zero-order valence-corrected chi connectivity index (χ0v) is 14.8. The van der Waals surface area contributed by atoms with Crippen LogP contribution in [0.5, 0.6) is 0 Å². The maximum atomic E-state index is 12.2. The van der Waals surface area contributed by atoms with E-state index in [4.69, 9.17) is 5.73 Å². The lowest BCUT2D eigenvalue weighted by Crippen LogP contribution is -2.26. The molecule has 2 heterocycles. The molecule has 1 aliphatic rings. The second-order valence-corrected chi connectivity index (χ2v) is 7.05. The number of carboxylic acid groups (broad SMARTS) is 1. The van der Waals surface area contributed by atoms with Gasteiger partial charge in [0, 0.05) is 12.4 Å². The first kappa shape index (κ1) is 17.6. The predicted molar refractivity (Wildman–Crippen MR) is 95.4 cm³/mol. The normalized spacial score (nSPS) is 26.4. The number of aromatic nitrogens is 3. The molecule has 134 valence electrons. The van der Waals surface area contributed by atoms with E-state index >= 15 is 0 Å². The molecular formula is C19H26N4O2. The average molecular weight is 342 g/mol. The largest absolute Gasteiger partial charge is 0.481 e. The van der Waals surface area contributed by atoms with Crippen LogP contribution in [-0.2, 0) is 10.2 Å². The highest BCUT2D eigenvalue weighted by Gasteiger charge is 2.69. The van der Waals surface area contributed by atoms with Gasteiger partial charge in [-0.2, -0.15) is 0 Å². The van der Waals surface area contributed by atoms with Gasteiger partial charge in [-0.3, -0.25) is 9.36 Å². The fourth-order valence-electron chi connectivity index (χ4n) is 4.19. The predicted octanol–water partition coefficient (Wildman–Crippen LogP) is 2.62. The number of nitrogens with two attached hydrogens (primary N) is 1. The van der Waals surface area contributed by atoms with E-state index in [1.165, 1.54) is 0 Å². The van der Waals surface area contributed by atoms with E-state index in [-0.39, 0.29) is 11.8 Å². The molecule has 4 atom stereocenters. The van der Waals surface area contributed by atoms with Gasteiger partial charge in [-0.05, 0) is 49.3 Å². The summed E-state index contributed by atoms with van der Waals surface area (Å²) in [5.74, 6) is 0.456. The SMILES string of the molecule is CCC[C@@H](CN)CC1[C@H](C)[C@@]1(C(=O)O)c1cn(-c2ccccn2)cn1. The number of carboxylic acids is 1. The Labute approximate surface area is 148 Å². The molecule has 0 aliphatic heterocycles. The van der Waals surface area contributed by atoms with Crippen LogP contribution in [0, 0.1) is 17.8 Å². The molecule has 6 heteroatoms. The van der Waals surface area contributed by atoms with E-state index in [1.807, 2.05) is 31.3 Å². The molecule has 0 spiro atoms. The van der Waals surface area contributed by atoms with Crippen LogP contribution in [0.15, 0.2) is 36.9 Å². The van der Waals surface area contributed by atoms with E-state index in [0.29, 0.717) is 18.2 Å². The molecule has 3 N–H and O–H groups in total. The monoisotopic (exact) mass is 342 g/mol. The smallest absolute Gasteiger partial charge is 0.316 e. The summed E-state index contributed by atoms with van der Waals surface area (Å²) in [7, 11) is 0. The Morgan fingerprint density at radius 3 is 2.84 bits per heavy atom. The molecule has 0 aromatic carbocycles. The third kappa shape index (κ3) is 2.95. The second-order valence-electron chi connectivity index (χ2n) is 7.05. The maximum absolute atomic E-state index is 12.2. The maximum Gasteiger partial charge on any atom is 0.316 e. The van der Waals surface area contributed by atoms with Crippen molar-refractivity contribution in [2.24, 2.45) is 23.5 Å². The highest BCUT2D eigenvalue weighted by atomic mass is 16.4. The van der Waals surface area contributed by atoms with Gasteiger partial charge in [-0.1, -0.05) is 26.3 Å². The van der Waals surface area contributed by atoms with Gasteiger partial charge in [-0.25, -0.2) is 9.97 Å². The first-order chi connectivity index (χ1) is 12.1. The van der Waals surface area contributed by atoms with E-state index in [9.17, 15) is 9.90 Å². The van der Waals surface area contributed by atoms with Gasteiger partial charge in [0.25, 0.3) is 0 Å². The fraction of sp³-hybridized carbons (Fsp3) is 0.526. The first-order valence-electron chi connectivity index (χ1n) is 8.95. The Morgan fingerprint density at radius 1 is 1.44 bits per heavy atom. The summed E-state index contributed by atoms with van der Waals surface area (Å²) < 4.78 is 1.79. The number of aliphatic carboxylic acids is 1. The number of imidazole rings is 1. The minimum absolute atomic E-state index is 0.0583. The number of nitrogens with zero attached hydrogens (tertiary/aromatic N) is 3. The molecule has 25 heavy (non-hydrogen) atoms. The first-order valence-corrected chi connectivity index (χ1v) is 8.95. The van der Waals surface area contributed by atoms with Crippen molar-refractivity contribution in [1.82, 2.24) is 14.5 Å². The Morgan fingerprint density at radius 2 is 2.24 bits per heavy atom. The minimum Gasteiger partial charge on any atom is -0.481 e. The lowest BCUT2D eigenvalue weighted by atomic mass is 9.91. The summed E-state index contributed by atoms with van der Waals surface area (Å²) in [4.78, 5) is 20.9. The Bertz CT molecular complexity index is 730. The van der Waals surface area contributed by atoms with Gasteiger partial charge in [0.15, 0.2) is 0 Å². The molecule has 0 radical (unpaired) electrons. The molecule has 1 saturated carbocycles. The number of carbonyl (C=O) groups is 1. The van der Waals surface area contributed by atoms with Crippen LogP contribution in [0.1, 0.15) is 38.8 Å². The lowest BCUT2D eigenvalue weighted by Gasteiger charge is -2.15. The number of hydrogen-bond donors (Lipinski definition) is 2. The van der Waals surface area contributed by atoms with Crippen molar-refractivity contribution < 1.29 is 9.90 Å². The van der Waals surface area contributed by atoms with Crippen molar-refractivity contribution >= 4 is 5.97 Å². The van der Waals surface area contributed by atoms with E-state index in [0.717, 1.165) is 25.1 Å². The zero-order valence-electron chi connectivity index (χ0n) is 14.8. The quantitative estimate of drug-likeness (QED) is 0.769. The average Bonchev–Trinajstić information content (AvgIpc) is 2.98. The topological polar surface area (TPSA) is 94.0 Å². The summed E-state index contributed by atoms with van der Waals surface area (Å²) in [6.07, 6.45) is 8.12. The van der Waals surface area contributed by atoms with Crippen molar-refractivity contribution in [3.05, 3.63) is 42.6 Å². The van der Waals surface area contributed by atoms with E-state index in [2.05, 4.69) is 16.9 Å². The fourth-order valence-corrected chi connectivity index (χ4v) is 4.19. The van der Waals surface area contributed by atoms with Crippen LogP contribution >= 0.6 is 0 Å². The molecule has 1 aliphatic carbocycles. The molecule has 1 fully saturated rings. The van der Waals surface area contributed by atoms with Crippen molar-refractivity contribution in [2.75, 3.05) is 6.54 Å². The van der Waals surface area contributed by atoms with Crippen LogP contribution in [0.4, 0.5) is 0 Å².